The van der Waals surface area contributed by atoms with E-state index in [1.807, 2.05) is 0 Å². The lowest BCUT2D eigenvalue weighted by Gasteiger charge is -2.17. The van der Waals surface area contributed by atoms with Gasteiger partial charge in [-0.3, -0.25) is 0 Å². The second-order valence-corrected chi connectivity index (χ2v) is 7.61. The van der Waals surface area contributed by atoms with Crippen LogP contribution >= 0.6 is 10.9 Å². The average Bonchev–Trinajstić information content (AvgIpc) is 2.44. The molecular formula is C18H16S. The Balaban J connectivity index is 2.35. The lowest BCUT2D eigenvalue weighted by molar-refractivity contribution is 1.56. The maximum atomic E-state index is 2.33. The van der Waals surface area contributed by atoms with E-state index in [9.17, 15) is 0 Å². The van der Waals surface area contributed by atoms with Crippen LogP contribution in [0.25, 0.3) is 32.3 Å². The zero-order chi connectivity index (χ0) is 13.0. The zero-order valence-corrected chi connectivity index (χ0v) is 12.0. The highest BCUT2D eigenvalue weighted by molar-refractivity contribution is 8.16. The van der Waals surface area contributed by atoms with E-state index in [1.165, 1.54) is 37.2 Å². The van der Waals surface area contributed by atoms with Gasteiger partial charge in [-0.05, 0) is 55.8 Å². The Morgan fingerprint density at radius 2 is 1.21 bits per heavy atom. The highest BCUT2D eigenvalue weighted by Gasteiger charge is 2.10. The second-order valence-electron chi connectivity index (χ2n) is 5.34. The highest BCUT2D eigenvalue weighted by Crippen LogP contribution is 2.41. The summed E-state index contributed by atoms with van der Waals surface area (Å²) in [4.78, 5) is 1.51. The summed E-state index contributed by atoms with van der Waals surface area (Å²) in [6, 6.07) is 20.2. The van der Waals surface area contributed by atoms with E-state index in [2.05, 4.69) is 67.1 Å². The summed E-state index contributed by atoms with van der Waals surface area (Å²) in [6.07, 6.45) is 4.67. The smallest absolute Gasteiger partial charge is 0.00162 e. The minimum atomic E-state index is -0.0728. The molecule has 0 radical (unpaired) electrons. The molecule has 4 aromatic rings. The van der Waals surface area contributed by atoms with Crippen molar-refractivity contribution in [3.63, 3.8) is 0 Å². The van der Waals surface area contributed by atoms with Crippen LogP contribution in [0.4, 0.5) is 0 Å². The molecule has 94 valence electrons. The number of hydrogen-bond acceptors (Lipinski definition) is 0. The lowest BCUT2D eigenvalue weighted by atomic mass is 9.94. The van der Waals surface area contributed by atoms with Crippen LogP contribution in [0.2, 0.25) is 0 Å². The van der Waals surface area contributed by atoms with Gasteiger partial charge in [-0.15, -0.1) is 0 Å². The molecule has 0 aliphatic heterocycles. The van der Waals surface area contributed by atoms with Crippen LogP contribution in [0.3, 0.4) is 0 Å². The molecule has 0 N–H and O–H groups in total. The predicted octanol–water partition coefficient (Wildman–Crippen LogP) is 5.20. The van der Waals surface area contributed by atoms with Gasteiger partial charge in [0.1, 0.15) is 0 Å². The van der Waals surface area contributed by atoms with Crippen molar-refractivity contribution in [2.75, 3.05) is 12.5 Å². The van der Waals surface area contributed by atoms with Crippen LogP contribution in [0.1, 0.15) is 0 Å². The summed E-state index contributed by atoms with van der Waals surface area (Å²) < 4.78 is 0. The first kappa shape index (κ1) is 11.1. The fourth-order valence-electron chi connectivity index (χ4n) is 3.11. The van der Waals surface area contributed by atoms with Crippen molar-refractivity contribution >= 4 is 43.2 Å². The van der Waals surface area contributed by atoms with Crippen molar-refractivity contribution in [1.82, 2.24) is 0 Å². The Hall–Kier alpha value is -1.73. The third kappa shape index (κ3) is 1.48. The molecule has 19 heavy (non-hydrogen) atoms. The molecule has 0 aliphatic rings. The van der Waals surface area contributed by atoms with Gasteiger partial charge in [-0.25, -0.2) is 10.9 Å². The molecule has 0 aliphatic carbocycles. The molecule has 0 unspecified atom stereocenters. The molecule has 0 spiro atoms. The minimum absolute atomic E-state index is 0.0728. The van der Waals surface area contributed by atoms with Crippen molar-refractivity contribution in [3.8, 4) is 0 Å². The van der Waals surface area contributed by atoms with Crippen molar-refractivity contribution in [2.24, 2.45) is 0 Å². The van der Waals surface area contributed by atoms with Gasteiger partial charge in [0.2, 0.25) is 0 Å². The molecule has 0 nitrogen and oxygen atoms in total. The first-order valence-corrected chi connectivity index (χ1v) is 8.83. The summed E-state index contributed by atoms with van der Waals surface area (Å²) in [6.45, 7) is 0. The number of benzene rings is 4. The monoisotopic (exact) mass is 264 g/mol. The lowest BCUT2D eigenvalue weighted by Crippen LogP contribution is -1.87. The predicted molar refractivity (Wildman–Crippen MR) is 89.2 cm³/mol. The SMILES string of the molecule is C[SH](C)c1ccc2ccc3cccc4ccc1c2c34. The van der Waals surface area contributed by atoms with E-state index >= 15 is 0 Å². The van der Waals surface area contributed by atoms with E-state index in [1.54, 1.807) is 0 Å². The molecule has 0 aromatic heterocycles. The maximum Gasteiger partial charge on any atom is -0.00162 e. The van der Waals surface area contributed by atoms with Crippen LogP contribution in [0.5, 0.6) is 0 Å². The zero-order valence-electron chi connectivity index (χ0n) is 11.1. The Bertz CT molecular complexity index is 874. The maximum absolute atomic E-state index is 2.33. The Morgan fingerprint density at radius 3 is 1.89 bits per heavy atom. The summed E-state index contributed by atoms with van der Waals surface area (Å²) in [5.41, 5.74) is 0. The van der Waals surface area contributed by atoms with Crippen LogP contribution in [-0.2, 0) is 0 Å². The normalized spacial score (nSPS) is 12.6. The van der Waals surface area contributed by atoms with Gasteiger partial charge in [-0.1, -0.05) is 48.5 Å². The summed E-state index contributed by atoms with van der Waals surface area (Å²) in [5.74, 6) is 0. The molecule has 0 atom stereocenters. The molecule has 4 aromatic carbocycles. The Morgan fingerprint density at radius 1 is 0.632 bits per heavy atom. The van der Waals surface area contributed by atoms with Gasteiger partial charge >= 0.3 is 0 Å². The van der Waals surface area contributed by atoms with Crippen molar-refractivity contribution in [3.05, 3.63) is 54.6 Å². The van der Waals surface area contributed by atoms with Crippen molar-refractivity contribution in [1.29, 1.82) is 0 Å². The average molecular weight is 264 g/mol. The van der Waals surface area contributed by atoms with Crippen molar-refractivity contribution < 1.29 is 0 Å². The highest BCUT2D eigenvalue weighted by atomic mass is 32.2. The quantitative estimate of drug-likeness (QED) is 0.354. The molecule has 0 saturated heterocycles. The summed E-state index contributed by atoms with van der Waals surface area (Å²) in [7, 11) is -0.0728. The third-order valence-corrected chi connectivity index (χ3v) is 5.34. The van der Waals surface area contributed by atoms with E-state index in [4.69, 9.17) is 0 Å². The molecule has 0 saturated carbocycles. The van der Waals surface area contributed by atoms with Gasteiger partial charge in [0, 0.05) is 0 Å². The van der Waals surface area contributed by atoms with E-state index in [-0.39, 0.29) is 10.9 Å². The van der Waals surface area contributed by atoms with E-state index in [0.29, 0.717) is 0 Å². The van der Waals surface area contributed by atoms with Gasteiger partial charge < -0.3 is 0 Å². The standard InChI is InChI=1S/C18H16S/c1-19(2)16-11-9-14-7-6-12-4-3-5-13-8-10-15(16)18(14)17(12)13/h3-11,19H,1-2H3. The molecule has 0 heterocycles. The van der Waals surface area contributed by atoms with Gasteiger partial charge in [0.15, 0.2) is 0 Å². The molecule has 0 amide bonds. The number of thiol groups is 1. The Kier molecular flexibility index (Phi) is 2.27. The molecule has 4 rings (SSSR count). The first-order valence-electron chi connectivity index (χ1n) is 6.59. The first-order chi connectivity index (χ1) is 9.25. The summed E-state index contributed by atoms with van der Waals surface area (Å²) >= 11 is 0. The van der Waals surface area contributed by atoms with E-state index in [0.717, 1.165) is 0 Å². The van der Waals surface area contributed by atoms with Crippen LogP contribution in [-0.4, -0.2) is 12.5 Å². The molecule has 0 fully saturated rings. The van der Waals surface area contributed by atoms with Gasteiger partial charge in [-0.2, -0.15) is 0 Å². The molecular weight excluding hydrogens is 248 g/mol. The molecule has 1 heteroatoms. The minimum Gasteiger partial charge on any atom is -0.232 e. The Labute approximate surface area is 115 Å². The van der Waals surface area contributed by atoms with E-state index < -0.39 is 0 Å². The second kappa shape index (κ2) is 3.88. The number of rotatable bonds is 1. The van der Waals surface area contributed by atoms with Crippen LogP contribution < -0.4 is 0 Å². The largest absolute Gasteiger partial charge is 0.232 e. The molecule has 0 bridgehead atoms. The number of hydrogen-bond donors (Lipinski definition) is 1. The fourth-order valence-corrected chi connectivity index (χ4v) is 4.15. The summed E-state index contributed by atoms with van der Waals surface area (Å²) in [5, 5.41) is 8.38. The van der Waals surface area contributed by atoms with Gasteiger partial charge in [0.05, 0.1) is 0 Å². The fraction of sp³-hybridized carbons (Fsp3) is 0.111. The van der Waals surface area contributed by atoms with Crippen LogP contribution in [0, 0.1) is 0 Å². The van der Waals surface area contributed by atoms with Crippen molar-refractivity contribution in [2.45, 2.75) is 4.90 Å². The topological polar surface area (TPSA) is 0 Å². The third-order valence-electron chi connectivity index (χ3n) is 3.99. The van der Waals surface area contributed by atoms with Crippen LogP contribution in [0.15, 0.2) is 59.5 Å². The van der Waals surface area contributed by atoms with Gasteiger partial charge in [0.25, 0.3) is 0 Å².